The van der Waals surface area contributed by atoms with Crippen LogP contribution in [-0.4, -0.2) is 9.55 Å². The maximum Gasteiger partial charge on any atom is 0.261 e. The summed E-state index contributed by atoms with van der Waals surface area (Å²) in [5.41, 5.74) is 1.32. The molecule has 0 saturated carbocycles. The summed E-state index contributed by atoms with van der Waals surface area (Å²) in [6, 6.07) is 10.9. The van der Waals surface area contributed by atoms with Crippen LogP contribution in [0.5, 0.6) is 0 Å². The molecule has 2 aromatic carbocycles. The molecule has 6 heteroatoms. The van der Waals surface area contributed by atoms with Gasteiger partial charge in [0.05, 0.1) is 28.8 Å². The molecule has 0 amide bonds. The maximum atomic E-state index is 12.5. The van der Waals surface area contributed by atoms with Crippen molar-refractivity contribution in [2.75, 3.05) is 0 Å². The van der Waals surface area contributed by atoms with Crippen LogP contribution in [0.1, 0.15) is 5.56 Å². The molecular weight excluding hydrogens is 375 g/mol. The molecule has 1 heterocycles. The van der Waals surface area contributed by atoms with Crippen LogP contribution < -0.4 is 5.56 Å². The Labute approximate surface area is 139 Å². The van der Waals surface area contributed by atoms with E-state index in [0.717, 1.165) is 10.0 Å². The summed E-state index contributed by atoms with van der Waals surface area (Å²) in [6.45, 7) is 0.444. The molecule has 3 aromatic rings. The summed E-state index contributed by atoms with van der Waals surface area (Å²) in [7, 11) is 0. The number of hydrogen-bond donors (Lipinski definition) is 0. The Kier molecular flexibility index (Phi) is 4.02. The monoisotopic (exact) mass is 382 g/mol. The maximum absolute atomic E-state index is 12.5. The van der Waals surface area contributed by atoms with Crippen LogP contribution in [0.2, 0.25) is 10.0 Å². The van der Waals surface area contributed by atoms with Crippen molar-refractivity contribution in [1.29, 1.82) is 0 Å². The van der Waals surface area contributed by atoms with Crippen molar-refractivity contribution in [3.05, 3.63) is 73.2 Å². The molecule has 0 bridgehead atoms. The van der Waals surface area contributed by atoms with E-state index in [2.05, 4.69) is 20.9 Å². The first-order valence-electron chi connectivity index (χ1n) is 6.13. The molecule has 0 aliphatic rings. The minimum atomic E-state index is -0.160. The van der Waals surface area contributed by atoms with Gasteiger partial charge in [-0.1, -0.05) is 51.3 Å². The summed E-state index contributed by atoms with van der Waals surface area (Å²) >= 11 is 15.4. The molecule has 1 aromatic heterocycles. The Bertz CT molecular complexity index is 875. The average Bonchev–Trinajstić information content (AvgIpc) is 2.45. The van der Waals surface area contributed by atoms with Gasteiger partial charge in [-0.2, -0.15) is 0 Å². The average molecular weight is 384 g/mol. The predicted molar refractivity (Wildman–Crippen MR) is 89.3 cm³/mol. The van der Waals surface area contributed by atoms with Gasteiger partial charge in [-0.25, -0.2) is 4.98 Å². The fourth-order valence-corrected chi connectivity index (χ4v) is 2.90. The van der Waals surface area contributed by atoms with Gasteiger partial charge in [0.25, 0.3) is 5.56 Å². The molecule has 3 rings (SSSR count). The van der Waals surface area contributed by atoms with Crippen LogP contribution in [0.15, 0.2) is 52.0 Å². The molecule has 0 unspecified atom stereocenters. The van der Waals surface area contributed by atoms with E-state index in [1.165, 1.54) is 10.9 Å². The number of rotatable bonds is 2. The number of halogens is 3. The van der Waals surface area contributed by atoms with Gasteiger partial charge in [0.15, 0.2) is 0 Å². The number of aromatic nitrogens is 2. The summed E-state index contributed by atoms with van der Waals surface area (Å²) in [5, 5.41) is 1.23. The van der Waals surface area contributed by atoms with E-state index in [-0.39, 0.29) is 5.56 Å². The van der Waals surface area contributed by atoms with Crippen molar-refractivity contribution in [2.24, 2.45) is 0 Å². The number of nitrogens with zero attached hydrogens (tertiary/aromatic N) is 2. The van der Waals surface area contributed by atoms with E-state index in [0.29, 0.717) is 27.5 Å². The highest BCUT2D eigenvalue weighted by molar-refractivity contribution is 9.10. The normalized spacial score (nSPS) is 11.0. The third kappa shape index (κ3) is 2.98. The lowest BCUT2D eigenvalue weighted by Gasteiger charge is -2.08. The zero-order chi connectivity index (χ0) is 15.0. The van der Waals surface area contributed by atoms with Crippen molar-refractivity contribution in [3.8, 4) is 0 Å². The van der Waals surface area contributed by atoms with Crippen LogP contribution in [-0.2, 0) is 6.54 Å². The van der Waals surface area contributed by atoms with Gasteiger partial charge in [-0.05, 0) is 29.8 Å². The van der Waals surface area contributed by atoms with E-state index < -0.39 is 0 Å². The minimum absolute atomic E-state index is 0.160. The van der Waals surface area contributed by atoms with Gasteiger partial charge in [0, 0.05) is 9.50 Å². The smallest absolute Gasteiger partial charge is 0.261 e. The largest absolute Gasteiger partial charge is 0.294 e. The molecule has 106 valence electrons. The lowest BCUT2D eigenvalue weighted by atomic mass is 10.2. The van der Waals surface area contributed by atoms with Gasteiger partial charge in [-0.3, -0.25) is 9.36 Å². The second-order valence-corrected chi connectivity index (χ2v) is 6.35. The fraction of sp³-hybridized carbons (Fsp3) is 0.0667. The highest BCUT2D eigenvalue weighted by Gasteiger charge is 2.09. The third-order valence-electron chi connectivity index (χ3n) is 3.11. The van der Waals surface area contributed by atoms with E-state index in [1.807, 2.05) is 24.3 Å². The molecule has 0 aliphatic heterocycles. The molecule has 21 heavy (non-hydrogen) atoms. The number of benzene rings is 2. The first-order valence-corrected chi connectivity index (χ1v) is 7.68. The minimum Gasteiger partial charge on any atom is -0.294 e. The summed E-state index contributed by atoms with van der Waals surface area (Å²) in [6.07, 6.45) is 1.51. The van der Waals surface area contributed by atoms with Crippen LogP contribution in [0.25, 0.3) is 10.9 Å². The lowest BCUT2D eigenvalue weighted by molar-refractivity contribution is 0.748. The van der Waals surface area contributed by atoms with Crippen molar-refractivity contribution in [2.45, 2.75) is 6.54 Å². The molecule has 0 atom stereocenters. The van der Waals surface area contributed by atoms with Crippen LogP contribution in [0, 0.1) is 0 Å². The van der Waals surface area contributed by atoms with Crippen LogP contribution >= 0.6 is 39.1 Å². The van der Waals surface area contributed by atoms with E-state index in [1.54, 1.807) is 12.1 Å². The van der Waals surface area contributed by atoms with E-state index in [4.69, 9.17) is 23.2 Å². The van der Waals surface area contributed by atoms with Crippen molar-refractivity contribution >= 4 is 50.0 Å². The van der Waals surface area contributed by atoms with Crippen molar-refractivity contribution in [3.63, 3.8) is 0 Å². The molecule has 0 saturated heterocycles. The SMILES string of the molecule is O=c1c2cc(Cl)cc(Cl)c2ncn1Cc1ccc(Br)cc1. The highest BCUT2D eigenvalue weighted by atomic mass is 79.9. The second-order valence-electron chi connectivity index (χ2n) is 4.59. The molecular formula is C15H9BrCl2N2O. The Hall–Kier alpha value is -1.36. The summed E-state index contributed by atoms with van der Waals surface area (Å²) in [4.78, 5) is 16.8. The first kappa shape index (κ1) is 14.6. The molecule has 3 nitrogen and oxygen atoms in total. The number of fused-ring (bicyclic) bond motifs is 1. The fourth-order valence-electron chi connectivity index (χ4n) is 2.09. The predicted octanol–water partition coefficient (Wildman–Crippen LogP) is 4.51. The third-order valence-corrected chi connectivity index (χ3v) is 4.15. The Morgan fingerprint density at radius 2 is 1.86 bits per heavy atom. The second kappa shape index (κ2) is 5.79. The van der Waals surface area contributed by atoms with Crippen molar-refractivity contribution < 1.29 is 0 Å². The number of hydrogen-bond acceptors (Lipinski definition) is 2. The molecule has 0 spiro atoms. The molecule has 0 radical (unpaired) electrons. The molecule has 0 aliphatic carbocycles. The van der Waals surface area contributed by atoms with E-state index in [9.17, 15) is 4.79 Å². The Morgan fingerprint density at radius 1 is 1.14 bits per heavy atom. The Morgan fingerprint density at radius 3 is 2.57 bits per heavy atom. The van der Waals surface area contributed by atoms with Gasteiger partial charge < -0.3 is 0 Å². The molecule has 0 N–H and O–H groups in total. The Balaban J connectivity index is 2.10. The summed E-state index contributed by atoms with van der Waals surface area (Å²) < 4.78 is 2.53. The first-order chi connectivity index (χ1) is 10.0. The van der Waals surface area contributed by atoms with Gasteiger partial charge in [0.1, 0.15) is 0 Å². The van der Waals surface area contributed by atoms with Crippen LogP contribution in [0.4, 0.5) is 0 Å². The quantitative estimate of drug-likeness (QED) is 0.652. The standard InChI is InChI=1S/C15H9BrCl2N2O/c16-10-3-1-9(2-4-10)7-20-8-19-14-12(15(20)21)5-11(17)6-13(14)18/h1-6,8H,7H2. The zero-order valence-corrected chi connectivity index (χ0v) is 13.8. The van der Waals surface area contributed by atoms with Gasteiger partial charge in [0.2, 0.25) is 0 Å². The molecule has 0 fully saturated rings. The van der Waals surface area contributed by atoms with Gasteiger partial charge in [-0.15, -0.1) is 0 Å². The van der Waals surface area contributed by atoms with Crippen molar-refractivity contribution in [1.82, 2.24) is 9.55 Å². The van der Waals surface area contributed by atoms with E-state index >= 15 is 0 Å². The highest BCUT2D eigenvalue weighted by Crippen LogP contribution is 2.24. The van der Waals surface area contributed by atoms with Gasteiger partial charge >= 0.3 is 0 Å². The topological polar surface area (TPSA) is 34.9 Å². The summed E-state index contributed by atoms with van der Waals surface area (Å²) in [5.74, 6) is 0. The zero-order valence-electron chi connectivity index (χ0n) is 10.7. The lowest BCUT2D eigenvalue weighted by Crippen LogP contribution is -2.21. The van der Waals surface area contributed by atoms with Crippen LogP contribution in [0.3, 0.4) is 0 Å².